The van der Waals surface area contributed by atoms with Crippen LogP contribution in [0.1, 0.15) is 58.2 Å². The molecule has 1 amide bonds. The number of hydrogen-bond acceptors (Lipinski definition) is 6. The van der Waals surface area contributed by atoms with E-state index < -0.39 is 5.41 Å². The van der Waals surface area contributed by atoms with Crippen molar-refractivity contribution in [3.05, 3.63) is 59.2 Å². The van der Waals surface area contributed by atoms with Gasteiger partial charge in [-0.3, -0.25) is 9.59 Å². The molecule has 0 saturated heterocycles. The summed E-state index contributed by atoms with van der Waals surface area (Å²) in [5.74, 6) is 0.652. The van der Waals surface area contributed by atoms with Crippen LogP contribution in [-0.4, -0.2) is 44.8 Å². The number of carbonyl (C=O) groups is 2. The van der Waals surface area contributed by atoms with E-state index in [0.29, 0.717) is 31.1 Å². The fourth-order valence-electron chi connectivity index (χ4n) is 3.54. The van der Waals surface area contributed by atoms with Gasteiger partial charge in [0.1, 0.15) is 13.2 Å². The van der Waals surface area contributed by atoms with Crippen LogP contribution in [0.2, 0.25) is 0 Å². The van der Waals surface area contributed by atoms with Gasteiger partial charge in [0.25, 0.3) is 0 Å². The summed E-state index contributed by atoms with van der Waals surface area (Å²) in [6.07, 6.45) is 0.697. The Labute approximate surface area is 215 Å². The van der Waals surface area contributed by atoms with E-state index in [0.717, 1.165) is 11.1 Å². The predicted octanol–water partition coefficient (Wildman–Crippen LogP) is 4.19. The van der Waals surface area contributed by atoms with Crippen molar-refractivity contribution in [3.63, 3.8) is 0 Å². The third-order valence-corrected chi connectivity index (χ3v) is 5.66. The lowest BCUT2D eigenvalue weighted by Crippen LogP contribution is -2.42. The number of methoxy groups -OCH3 is 1. The SMILES string of the molecule is COc1cc(CC(=O)NC(COC(=O)C(C)(C)C)Cc2ccc(C(C)(C)C)cc2)ccc1OCCN. The van der Waals surface area contributed by atoms with Crippen LogP contribution in [0.4, 0.5) is 0 Å². The van der Waals surface area contributed by atoms with Crippen LogP contribution in [0.15, 0.2) is 42.5 Å². The van der Waals surface area contributed by atoms with E-state index in [1.54, 1.807) is 19.2 Å². The molecule has 2 aromatic rings. The summed E-state index contributed by atoms with van der Waals surface area (Å²) >= 11 is 0. The van der Waals surface area contributed by atoms with E-state index in [-0.39, 0.29) is 36.4 Å². The Morgan fingerprint density at radius 1 is 0.944 bits per heavy atom. The van der Waals surface area contributed by atoms with Gasteiger partial charge >= 0.3 is 5.97 Å². The largest absolute Gasteiger partial charge is 0.493 e. The average Bonchev–Trinajstić information content (AvgIpc) is 2.80. The molecule has 1 atom stereocenters. The molecule has 7 nitrogen and oxygen atoms in total. The maximum absolute atomic E-state index is 13.0. The number of rotatable bonds is 11. The molecule has 0 aliphatic carbocycles. The van der Waals surface area contributed by atoms with Crippen molar-refractivity contribution in [2.75, 3.05) is 26.9 Å². The van der Waals surface area contributed by atoms with Crippen LogP contribution < -0.4 is 20.5 Å². The molecular weight excluding hydrogens is 456 g/mol. The van der Waals surface area contributed by atoms with Crippen molar-refractivity contribution < 1.29 is 23.8 Å². The van der Waals surface area contributed by atoms with Gasteiger partial charge in [-0.1, -0.05) is 51.1 Å². The second kappa shape index (κ2) is 12.8. The second-order valence-corrected chi connectivity index (χ2v) is 11.1. The quantitative estimate of drug-likeness (QED) is 0.451. The Kier molecular flexibility index (Phi) is 10.3. The zero-order valence-electron chi connectivity index (χ0n) is 22.8. The molecule has 0 heterocycles. The van der Waals surface area contributed by atoms with Gasteiger partial charge < -0.3 is 25.3 Å². The average molecular weight is 499 g/mol. The minimum absolute atomic E-state index is 0.0559. The van der Waals surface area contributed by atoms with Gasteiger partial charge in [0.15, 0.2) is 11.5 Å². The maximum Gasteiger partial charge on any atom is 0.311 e. The fourth-order valence-corrected chi connectivity index (χ4v) is 3.54. The maximum atomic E-state index is 13.0. The molecule has 7 heteroatoms. The normalized spacial score (nSPS) is 12.6. The molecule has 36 heavy (non-hydrogen) atoms. The minimum atomic E-state index is -0.618. The van der Waals surface area contributed by atoms with E-state index in [9.17, 15) is 9.59 Å². The third-order valence-electron chi connectivity index (χ3n) is 5.66. The van der Waals surface area contributed by atoms with E-state index in [2.05, 4.69) is 50.4 Å². The van der Waals surface area contributed by atoms with Crippen molar-refractivity contribution in [2.45, 2.75) is 65.8 Å². The number of nitrogens with two attached hydrogens (primary N) is 1. The van der Waals surface area contributed by atoms with Gasteiger partial charge in [0, 0.05) is 6.54 Å². The van der Waals surface area contributed by atoms with E-state index in [4.69, 9.17) is 19.9 Å². The van der Waals surface area contributed by atoms with Crippen molar-refractivity contribution in [1.29, 1.82) is 0 Å². The first-order valence-electron chi connectivity index (χ1n) is 12.4. The first-order chi connectivity index (χ1) is 16.8. The summed E-state index contributed by atoms with van der Waals surface area (Å²) in [6.45, 7) is 12.8. The highest BCUT2D eigenvalue weighted by Crippen LogP contribution is 2.28. The monoisotopic (exact) mass is 498 g/mol. The summed E-state index contributed by atoms with van der Waals surface area (Å²) in [6, 6.07) is 13.4. The standard InChI is InChI=1S/C29H42N2O5/c1-28(2,3)22-11-8-20(9-12-22)16-23(19-36-27(33)29(4,5)6)31-26(32)18-21-10-13-24(35-15-14-30)25(17-21)34-7/h8-13,17,23H,14-16,18-19,30H2,1-7H3,(H,31,32). The van der Waals surface area contributed by atoms with Crippen molar-refractivity contribution in [3.8, 4) is 11.5 Å². The first-order valence-corrected chi connectivity index (χ1v) is 12.4. The van der Waals surface area contributed by atoms with Crippen molar-refractivity contribution >= 4 is 11.9 Å². The molecule has 3 N–H and O–H groups in total. The minimum Gasteiger partial charge on any atom is -0.493 e. The lowest BCUT2D eigenvalue weighted by Gasteiger charge is -2.23. The van der Waals surface area contributed by atoms with E-state index >= 15 is 0 Å². The highest BCUT2D eigenvalue weighted by Gasteiger charge is 2.25. The topological polar surface area (TPSA) is 99.9 Å². The molecule has 0 saturated carbocycles. The Morgan fingerprint density at radius 3 is 2.14 bits per heavy atom. The number of carbonyl (C=O) groups excluding carboxylic acids is 2. The van der Waals surface area contributed by atoms with Crippen molar-refractivity contribution in [1.82, 2.24) is 5.32 Å². The van der Waals surface area contributed by atoms with Crippen LogP contribution >= 0.6 is 0 Å². The van der Waals surface area contributed by atoms with E-state index in [1.807, 2.05) is 26.8 Å². The number of benzene rings is 2. The van der Waals surface area contributed by atoms with Gasteiger partial charge in [0.2, 0.25) is 5.91 Å². The third kappa shape index (κ3) is 9.19. The second-order valence-electron chi connectivity index (χ2n) is 11.1. The van der Waals surface area contributed by atoms with Crippen LogP contribution in [0.25, 0.3) is 0 Å². The summed E-state index contributed by atoms with van der Waals surface area (Å²) in [5, 5.41) is 3.05. The first kappa shape index (κ1) is 29.2. The molecule has 0 aliphatic rings. The molecule has 0 radical (unpaired) electrons. The molecule has 0 spiro atoms. The van der Waals surface area contributed by atoms with E-state index in [1.165, 1.54) is 5.56 Å². The number of hydrogen-bond donors (Lipinski definition) is 2. The van der Waals surface area contributed by atoms with Crippen LogP contribution in [0.3, 0.4) is 0 Å². The van der Waals surface area contributed by atoms with Gasteiger partial charge in [-0.2, -0.15) is 0 Å². The molecule has 0 aromatic heterocycles. The molecular formula is C29H42N2O5. The molecule has 0 fully saturated rings. The lowest BCUT2D eigenvalue weighted by atomic mass is 9.86. The Bertz CT molecular complexity index is 1000. The van der Waals surface area contributed by atoms with Crippen LogP contribution in [0, 0.1) is 5.41 Å². The number of esters is 1. The smallest absolute Gasteiger partial charge is 0.311 e. The highest BCUT2D eigenvalue weighted by molar-refractivity contribution is 5.79. The molecule has 1 unspecified atom stereocenters. The number of amides is 1. The fraction of sp³-hybridized carbons (Fsp3) is 0.517. The van der Waals surface area contributed by atoms with Crippen LogP contribution in [0.5, 0.6) is 11.5 Å². The molecule has 0 bridgehead atoms. The molecule has 198 valence electrons. The van der Waals surface area contributed by atoms with Gasteiger partial charge in [0.05, 0.1) is 25.0 Å². The molecule has 2 aromatic carbocycles. The summed E-state index contributed by atoms with van der Waals surface area (Å²) < 4.78 is 16.5. The predicted molar refractivity (Wildman–Crippen MR) is 142 cm³/mol. The molecule has 0 aliphatic heterocycles. The van der Waals surface area contributed by atoms with Crippen molar-refractivity contribution in [2.24, 2.45) is 11.1 Å². The number of ether oxygens (including phenoxy) is 3. The van der Waals surface area contributed by atoms with Gasteiger partial charge in [-0.15, -0.1) is 0 Å². The Balaban J connectivity index is 2.12. The van der Waals surface area contributed by atoms with Crippen LogP contribution in [-0.2, 0) is 32.6 Å². The molecule has 2 rings (SSSR count). The van der Waals surface area contributed by atoms with Gasteiger partial charge in [-0.05, 0) is 61.4 Å². The summed E-state index contributed by atoms with van der Waals surface area (Å²) in [4.78, 5) is 25.3. The van der Waals surface area contributed by atoms with Gasteiger partial charge in [-0.25, -0.2) is 0 Å². The Morgan fingerprint density at radius 2 is 1.58 bits per heavy atom. The zero-order chi connectivity index (χ0) is 26.9. The highest BCUT2D eigenvalue weighted by atomic mass is 16.5. The summed E-state index contributed by atoms with van der Waals surface area (Å²) in [7, 11) is 1.55. The summed E-state index contributed by atoms with van der Waals surface area (Å²) in [5.41, 5.74) is 8.02. The number of nitrogens with one attached hydrogen (secondary N) is 1. The zero-order valence-corrected chi connectivity index (χ0v) is 22.8. The Hall–Kier alpha value is -3.06. The lowest BCUT2D eigenvalue weighted by molar-refractivity contribution is -0.154.